The molecule has 0 radical (unpaired) electrons. The average molecular weight is 301 g/mol. The summed E-state index contributed by atoms with van der Waals surface area (Å²) in [5.74, 6) is -1.02. The number of carbonyl (C=O) groups is 1. The maximum Gasteiger partial charge on any atom is 0.243 e. The molecule has 1 unspecified atom stereocenters. The lowest BCUT2D eigenvalue weighted by atomic mass is 10.2. The van der Waals surface area contributed by atoms with E-state index >= 15 is 0 Å². The fourth-order valence-corrected chi connectivity index (χ4v) is 3.75. The van der Waals surface area contributed by atoms with Crippen molar-refractivity contribution in [2.75, 3.05) is 26.7 Å². The number of piperazine rings is 1. The predicted molar refractivity (Wildman–Crippen MR) is 71.0 cm³/mol. The molecule has 0 aromatic heterocycles. The molecule has 1 aromatic carbocycles. The van der Waals surface area contributed by atoms with Crippen LogP contribution in [0, 0.1) is 5.82 Å². The summed E-state index contributed by atoms with van der Waals surface area (Å²) in [6, 6.07) is 3.95. The van der Waals surface area contributed by atoms with Crippen molar-refractivity contribution < 1.29 is 17.6 Å². The molecule has 2 rings (SSSR count). The van der Waals surface area contributed by atoms with Crippen molar-refractivity contribution >= 4 is 15.9 Å². The summed E-state index contributed by atoms with van der Waals surface area (Å²) in [4.78, 5) is 11.6. The van der Waals surface area contributed by atoms with Gasteiger partial charge in [-0.1, -0.05) is 6.07 Å². The number of halogens is 1. The summed E-state index contributed by atoms with van der Waals surface area (Å²) in [6.07, 6.45) is 0. The van der Waals surface area contributed by atoms with Crippen molar-refractivity contribution in [3.05, 3.63) is 30.1 Å². The molecule has 20 heavy (non-hydrogen) atoms. The first-order valence-electron chi connectivity index (χ1n) is 6.16. The van der Waals surface area contributed by atoms with E-state index in [2.05, 4.69) is 10.6 Å². The molecule has 1 amide bonds. The number of nitrogens with zero attached hydrogens (tertiary/aromatic N) is 1. The molecule has 8 heteroatoms. The number of rotatable bonds is 3. The maximum absolute atomic E-state index is 13.2. The van der Waals surface area contributed by atoms with Gasteiger partial charge in [0.2, 0.25) is 15.9 Å². The summed E-state index contributed by atoms with van der Waals surface area (Å²) >= 11 is 0. The van der Waals surface area contributed by atoms with Gasteiger partial charge in [0.05, 0.1) is 4.90 Å². The average Bonchev–Trinajstić information content (AvgIpc) is 2.46. The summed E-state index contributed by atoms with van der Waals surface area (Å²) < 4.78 is 39.4. The number of hydrogen-bond donors (Lipinski definition) is 2. The van der Waals surface area contributed by atoms with Gasteiger partial charge >= 0.3 is 0 Å². The lowest BCUT2D eigenvalue weighted by molar-refractivity contribution is -0.124. The molecular formula is C12H16FN3O3S. The highest BCUT2D eigenvalue weighted by molar-refractivity contribution is 7.89. The van der Waals surface area contributed by atoms with Gasteiger partial charge in [-0.25, -0.2) is 12.8 Å². The quantitative estimate of drug-likeness (QED) is 0.791. The molecule has 0 aliphatic carbocycles. The van der Waals surface area contributed by atoms with Crippen LogP contribution in [0.5, 0.6) is 0 Å². The number of carbonyl (C=O) groups excluding carboxylic acids is 1. The molecule has 1 fully saturated rings. The second-order valence-corrected chi connectivity index (χ2v) is 6.30. The van der Waals surface area contributed by atoms with Crippen LogP contribution >= 0.6 is 0 Å². The number of hydrogen-bond acceptors (Lipinski definition) is 4. The Hall–Kier alpha value is -1.51. The van der Waals surface area contributed by atoms with Gasteiger partial charge in [-0.05, 0) is 18.2 Å². The minimum atomic E-state index is -3.90. The molecule has 1 saturated heterocycles. The molecule has 0 spiro atoms. The molecule has 1 aromatic rings. The largest absolute Gasteiger partial charge is 0.358 e. The minimum absolute atomic E-state index is 0.145. The molecule has 1 heterocycles. The third-order valence-electron chi connectivity index (χ3n) is 3.15. The van der Waals surface area contributed by atoms with Crippen LogP contribution in [0.15, 0.2) is 29.2 Å². The van der Waals surface area contributed by atoms with Crippen molar-refractivity contribution in [1.82, 2.24) is 14.9 Å². The Bertz CT molecular complexity index is 606. The van der Waals surface area contributed by atoms with Crippen molar-refractivity contribution in [3.63, 3.8) is 0 Å². The van der Waals surface area contributed by atoms with Crippen LogP contribution in [0.4, 0.5) is 4.39 Å². The lowest BCUT2D eigenvalue weighted by Crippen LogP contribution is -2.59. The highest BCUT2D eigenvalue weighted by atomic mass is 32.2. The van der Waals surface area contributed by atoms with Gasteiger partial charge in [-0.3, -0.25) is 4.79 Å². The van der Waals surface area contributed by atoms with Crippen LogP contribution in [0.2, 0.25) is 0 Å². The SMILES string of the molecule is CNC(=O)C1CNCCN1S(=O)(=O)c1cccc(F)c1. The zero-order chi connectivity index (χ0) is 14.8. The number of benzene rings is 1. The first-order valence-corrected chi connectivity index (χ1v) is 7.60. The number of sulfonamides is 1. The monoisotopic (exact) mass is 301 g/mol. The summed E-state index contributed by atoms with van der Waals surface area (Å²) in [6.45, 7) is 0.840. The molecule has 1 aliphatic heterocycles. The van der Waals surface area contributed by atoms with E-state index < -0.39 is 27.8 Å². The van der Waals surface area contributed by atoms with E-state index in [1.54, 1.807) is 0 Å². The predicted octanol–water partition coefficient (Wildman–Crippen LogP) is -0.466. The molecule has 0 saturated carbocycles. The van der Waals surface area contributed by atoms with E-state index in [4.69, 9.17) is 0 Å². The van der Waals surface area contributed by atoms with Crippen LogP contribution in [-0.2, 0) is 14.8 Å². The van der Waals surface area contributed by atoms with E-state index in [-0.39, 0.29) is 18.0 Å². The molecule has 1 atom stereocenters. The number of likely N-dealkylation sites (N-methyl/N-ethyl adjacent to an activating group) is 1. The van der Waals surface area contributed by atoms with Crippen molar-refractivity contribution in [1.29, 1.82) is 0 Å². The highest BCUT2D eigenvalue weighted by Gasteiger charge is 2.37. The highest BCUT2D eigenvalue weighted by Crippen LogP contribution is 2.20. The van der Waals surface area contributed by atoms with Crippen molar-refractivity contribution in [2.24, 2.45) is 0 Å². The van der Waals surface area contributed by atoms with Crippen molar-refractivity contribution in [2.45, 2.75) is 10.9 Å². The van der Waals surface area contributed by atoms with E-state index in [1.165, 1.54) is 25.2 Å². The topological polar surface area (TPSA) is 78.5 Å². The van der Waals surface area contributed by atoms with Gasteiger partial charge < -0.3 is 10.6 Å². The van der Waals surface area contributed by atoms with E-state index in [0.29, 0.717) is 6.54 Å². The second-order valence-electron chi connectivity index (χ2n) is 4.41. The third-order valence-corrected chi connectivity index (χ3v) is 5.05. The molecule has 2 N–H and O–H groups in total. The Labute approximate surface area is 117 Å². The van der Waals surface area contributed by atoms with Gasteiger partial charge in [-0.2, -0.15) is 4.31 Å². The summed E-state index contributed by atoms with van der Waals surface area (Å²) in [7, 11) is -2.45. The Kier molecular flexibility index (Phi) is 4.36. The second kappa shape index (κ2) is 5.86. The van der Waals surface area contributed by atoms with E-state index in [9.17, 15) is 17.6 Å². The Morgan fingerprint density at radius 3 is 2.90 bits per heavy atom. The Morgan fingerprint density at radius 2 is 2.25 bits per heavy atom. The number of amides is 1. The normalized spacial score (nSPS) is 20.6. The van der Waals surface area contributed by atoms with Crippen LogP contribution in [0.3, 0.4) is 0 Å². The first-order chi connectivity index (χ1) is 9.46. The van der Waals surface area contributed by atoms with Gasteiger partial charge in [0.25, 0.3) is 0 Å². The summed E-state index contributed by atoms with van der Waals surface area (Å²) in [5, 5.41) is 5.41. The smallest absolute Gasteiger partial charge is 0.243 e. The fourth-order valence-electron chi connectivity index (χ4n) is 2.13. The summed E-state index contributed by atoms with van der Waals surface area (Å²) in [5.41, 5.74) is 0. The third kappa shape index (κ3) is 2.82. The van der Waals surface area contributed by atoms with Gasteiger partial charge in [0.1, 0.15) is 11.9 Å². The van der Waals surface area contributed by atoms with Gasteiger partial charge in [0, 0.05) is 26.7 Å². The van der Waals surface area contributed by atoms with Gasteiger partial charge in [0.15, 0.2) is 0 Å². The standard InChI is InChI=1S/C12H16FN3O3S/c1-14-12(17)11-8-15-5-6-16(11)20(18,19)10-4-2-3-9(13)7-10/h2-4,7,11,15H,5-6,8H2,1H3,(H,14,17). The lowest BCUT2D eigenvalue weighted by Gasteiger charge is -2.33. The number of nitrogens with one attached hydrogen (secondary N) is 2. The van der Waals surface area contributed by atoms with Crippen LogP contribution in [-0.4, -0.2) is 51.4 Å². The zero-order valence-electron chi connectivity index (χ0n) is 11.0. The Morgan fingerprint density at radius 1 is 1.50 bits per heavy atom. The molecule has 0 bridgehead atoms. The fraction of sp³-hybridized carbons (Fsp3) is 0.417. The maximum atomic E-state index is 13.2. The van der Waals surface area contributed by atoms with E-state index in [0.717, 1.165) is 10.4 Å². The molecule has 1 aliphatic rings. The van der Waals surface area contributed by atoms with Crippen LogP contribution in [0.25, 0.3) is 0 Å². The molecule has 110 valence electrons. The van der Waals surface area contributed by atoms with E-state index in [1.807, 2.05) is 0 Å². The molecular weight excluding hydrogens is 285 g/mol. The Balaban J connectivity index is 2.38. The van der Waals surface area contributed by atoms with Gasteiger partial charge in [-0.15, -0.1) is 0 Å². The van der Waals surface area contributed by atoms with Crippen LogP contribution < -0.4 is 10.6 Å². The first kappa shape index (κ1) is 14.9. The minimum Gasteiger partial charge on any atom is -0.358 e. The van der Waals surface area contributed by atoms with Crippen molar-refractivity contribution in [3.8, 4) is 0 Å². The van der Waals surface area contributed by atoms with Crippen LogP contribution in [0.1, 0.15) is 0 Å². The molecule has 6 nitrogen and oxygen atoms in total. The zero-order valence-corrected chi connectivity index (χ0v) is 11.8.